The van der Waals surface area contributed by atoms with Crippen LogP contribution in [0.3, 0.4) is 0 Å². The first-order chi connectivity index (χ1) is 10.7. The maximum Gasteiger partial charge on any atom is 0.0421 e. The van der Waals surface area contributed by atoms with Gasteiger partial charge in [0.2, 0.25) is 0 Å². The fourth-order valence-electron chi connectivity index (χ4n) is 2.50. The Morgan fingerprint density at radius 1 is 0.909 bits per heavy atom. The predicted octanol–water partition coefficient (Wildman–Crippen LogP) is 5.71. The highest BCUT2D eigenvalue weighted by Crippen LogP contribution is 2.17. The van der Waals surface area contributed by atoms with Gasteiger partial charge in [-0.05, 0) is 52.4 Å². The van der Waals surface area contributed by atoms with Gasteiger partial charge in [0.1, 0.15) is 0 Å². The molecule has 0 bridgehead atoms. The molecule has 0 saturated heterocycles. The molecule has 1 nitrogen and oxygen atoms in total. The second kappa shape index (κ2) is 6.80. The molecule has 0 aromatic heterocycles. The summed E-state index contributed by atoms with van der Waals surface area (Å²) in [5, 5.41) is 2.56. The maximum absolute atomic E-state index is 3.51. The Morgan fingerprint density at radius 3 is 2.55 bits per heavy atom. The van der Waals surface area contributed by atoms with Crippen LogP contribution in [0.5, 0.6) is 0 Å². The lowest BCUT2D eigenvalue weighted by atomic mass is 10.1. The van der Waals surface area contributed by atoms with Crippen LogP contribution in [0.2, 0.25) is 0 Å². The third-order valence-corrected chi connectivity index (χ3v) is 4.11. The minimum atomic E-state index is 0.892. The van der Waals surface area contributed by atoms with Crippen LogP contribution < -0.4 is 0 Å². The van der Waals surface area contributed by atoms with Crippen molar-refractivity contribution in [1.82, 2.24) is 4.90 Å². The van der Waals surface area contributed by atoms with Crippen molar-refractivity contribution in [3.8, 4) is 0 Å². The van der Waals surface area contributed by atoms with Crippen molar-refractivity contribution in [2.75, 3.05) is 7.05 Å². The second-order valence-corrected chi connectivity index (χ2v) is 6.38. The van der Waals surface area contributed by atoms with Gasteiger partial charge in [-0.1, -0.05) is 64.5 Å². The molecule has 0 unspecified atom stereocenters. The van der Waals surface area contributed by atoms with E-state index in [0.717, 1.165) is 11.0 Å². The summed E-state index contributed by atoms with van der Waals surface area (Å²) < 4.78 is 1.12. The largest absolute Gasteiger partial charge is 0.376 e. The lowest BCUT2D eigenvalue weighted by molar-refractivity contribution is 0.453. The van der Waals surface area contributed by atoms with Crippen molar-refractivity contribution in [2.45, 2.75) is 6.54 Å². The van der Waals surface area contributed by atoms with Crippen LogP contribution in [0.1, 0.15) is 11.1 Å². The molecule has 0 atom stereocenters. The topological polar surface area (TPSA) is 3.24 Å². The van der Waals surface area contributed by atoms with Crippen LogP contribution in [-0.4, -0.2) is 11.9 Å². The summed E-state index contributed by atoms with van der Waals surface area (Å²) in [5.41, 5.74) is 2.51. The van der Waals surface area contributed by atoms with Crippen LogP contribution in [0.4, 0.5) is 0 Å². The highest BCUT2D eigenvalue weighted by Gasteiger charge is 1.97. The SMILES string of the molecule is CN(/C=C/c1ccc2ccccc2c1)Cc1cccc(Br)c1. The molecule has 0 saturated carbocycles. The Bertz CT molecular complexity index is 807. The number of benzene rings is 3. The van der Waals surface area contributed by atoms with Crippen molar-refractivity contribution < 1.29 is 0 Å². The van der Waals surface area contributed by atoms with E-state index in [4.69, 9.17) is 0 Å². The molecule has 0 fully saturated rings. The van der Waals surface area contributed by atoms with Gasteiger partial charge >= 0.3 is 0 Å². The third-order valence-electron chi connectivity index (χ3n) is 3.62. The minimum Gasteiger partial charge on any atom is -0.376 e. The average molecular weight is 352 g/mol. The Morgan fingerprint density at radius 2 is 1.73 bits per heavy atom. The number of hydrogen-bond acceptors (Lipinski definition) is 1. The molecule has 2 heteroatoms. The van der Waals surface area contributed by atoms with Gasteiger partial charge in [-0.25, -0.2) is 0 Å². The Kier molecular flexibility index (Phi) is 4.59. The van der Waals surface area contributed by atoms with Crippen LogP contribution in [0.25, 0.3) is 16.8 Å². The molecule has 110 valence electrons. The summed E-state index contributed by atoms with van der Waals surface area (Å²) in [5.74, 6) is 0. The highest BCUT2D eigenvalue weighted by atomic mass is 79.9. The van der Waals surface area contributed by atoms with Crippen molar-refractivity contribution in [3.05, 3.63) is 88.5 Å². The fraction of sp³-hybridized carbons (Fsp3) is 0.100. The van der Waals surface area contributed by atoms with Crippen LogP contribution >= 0.6 is 15.9 Å². The smallest absolute Gasteiger partial charge is 0.0421 e. The molecule has 22 heavy (non-hydrogen) atoms. The van der Waals surface area contributed by atoms with E-state index in [2.05, 4.69) is 107 Å². The van der Waals surface area contributed by atoms with Gasteiger partial charge in [-0.2, -0.15) is 0 Å². The van der Waals surface area contributed by atoms with E-state index < -0.39 is 0 Å². The van der Waals surface area contributed by atoms with Gasteiger partial charge in [0.15, 0.2) is 0 Å². The molecule has 3 rings (SSSR count). The first-order valence-corrected chi connectivity index (χ1v) is 8.12. The third kappa shape index (κ3) is 3.77. The number of hydrogen-bond donors (Lipinski definition) is 0. The van der Waals surface area contributed by atoms with E-state index in [-0.39, 0.29) is 0 Å². The predicted molar refractivity (Wildman–Crippen MR) is 98.6 cm³/mol. The molecule has 0 aliphatic carbocycles. The minimum absolute atomic E-state index is 0.892. The molecule has 0 aliphatic rings. The molecule has 3 aromatic rings. The summed E-state index contributed by atoms with van der Waals surface area (Å²) in [6.45, 7) is 0.892. The molecule has 0 amide bonds. The molecule has 0 radical (unpaired) electrons. The molecule has 3 aromatic carbocycles. The Balaban J connectivity index is 1.71. The van der Waals surface area contributed by atoms with Gasteiger partial charge < -0.3 is 4.90 Å². The standard InChI is InChI=1S/C20H18BrN/c1-22(15-17-5-4-8-20(21)14-17)12-11-16-9-10-18-6-2-3-7-19(18)13-16/h2-14H,15H2,1H3/b12-11+. The Hall–Kier alpha value is -2.06. The normalized spacial score (nSPS) is 11.2. The van der Waals surface area contributed by atoms with E-state index in [0.29, 0.717) is 0 Å². The number of fused-ring (bicyclic) bond motifs is 1. The van der Waals surface area contributed by atoms with E-state index in [1.165, 1.54) is 21.9 Å². The quantitative estimate of drug-likeness (QED) is 0.582. The van der Waals surface area contributed by atoms with Gasteiger partial charge in [-0.3, -0.25) is 0 Å². The Labute approximate surface area is 140 Å². The van der Waals surface area contributed by atoms with E-state index >= 15 is 0 Å². The summed E-state index contributed by atoms with van der Waals surface area (Å²) in [6, 6.07) is 23.4. The zero-order valence-electron chi connectivity index (χ0n) is 12.5. The molecule has 0 spiro atoms. The monoisotopic (exact) mass is 351 g/mol. The molecule has 0 heterocycles. The molecular weight excluding hydrogens is 334 g/mol. The fourth-order valence-corrected chi connectivity index (χ4v) is 2.95. The van der Waals surface area contributed by atoms with Gasteiger partial charge in [0.25, 0.3) is 0 Å². The lowest BCUT2D eigenvalue weighted by Gasteiger charge is -2.14. The van der Waals surface area contributed by atoms with Crippen molar-refractivity contribution >= 4 is 32.8 Å². The van der Waals surface area contributed by atoms with E-state index in [1.54, 1.807) is 0 Å². The zero-order valence-corrected chi connectivity index (χ0v) is 14.1. The van der Waals surface area contributed by atoms with Crippen molar-refractivity contribution in [2.24, 2.45) is 0 Å². The van der Waals surface area contributed by atoms with E-state index in [9.17, 15) is 0 Å². The second-order valence-electron chi connectivity index (χ2n) is 5.47. The summed E-state index contributed by atoms with van der Waals surface area (Å²) in [4.78, 5) is 2.19. The molecule has 0 N–H and O–H groups in total. The lowest BCUT2D eigenvalue weighted by Crippen LogP contribution is -2.09. The molecular formula is C20H18BrN. The maximum atomic E-state index is 3.51. The zero-order chi connectivity index (χ0) is 15.4. The van der Waals surface area contributed by atoms with Crippen molar-refractivity contribution in [3.63, 3.8) is 0 Å². The average Bonchev–Trinajstić information content (AvgIpc) is 2.53. The summed E-state index contributed by atoms with van der Waals surface area (Å²) in [6.07, 6.45) is 4.29. The first kappa shape index (κ1) is 14.9. The van der Waals surface area contributed by atoms with Crippen molar-refractivity contribution in [1.29, 1.82) is 0 Å². The molecule has 0 aliphatic heterocycles. The van der Waals surface area contributed by atoms with Gasteiger partial charge in [0.05, 0.1) is 0 Å². The van der Waals surface area contributed by atoms with Gasteiger partial charge in [0, 0.05) is 18.1 Å². The highest BCUT2D eigenvalue weighted by molar-refractivity contribution is 9.10. The van der Waals surface area contributed by atoms with Crippen LogP contribution in [0.15, 0.2) is 77.4 Å². The summed E-state index contributed by atoms with van der Waals surface area (Å²) >= 11 is 3.51. The van der Waals surface area contributed by atoms with Crippen LogP contribution in [0, 0.1) is 0 Å². The number of nitrogens with zero attached hydrogens (tertiary/aromatic N) is 1. The first-order valence-electron chi connectivity index (χ1n) is 7.32. The summed E-state index contributed by atoms with van der Waals surface area (Å²) in [7, 11) is 2.10. The van der Waals surface area contributed by atoms with Crippen LogP contribution in [-0.2, 0) is 6.54 Å². The van der Waals surface area contributed by atoms with Gasteiger partial charge in [-0.15, -0.1) is 0 Å². The number of halogens is 1. The van der Waals surface area contributed by atoms with E-state index in [1.807, 2.05) is 0 Å². The number of rotatable bonds is 4.